The van der Waals surface area contributed by atoms with Gasteiger partial charge < -0.3 is 5.11 Å². The number of hydrogen-bond donors (Lipinski definition) is 1. The molecule has 0 heterocycles. The summed E-state index contributed by atoms with van der Waals surface area (Å²) in [5, 5.41) is 11.1. The Morgan fingerprint density at radius 2 is 1.14 bits per heavy atom. The molecule has 116 valence electrons. The summed E-state index contributed by atoms with van der Waals surface area (Å²) >= 11 is 14.7. The van der Waals surface area contributed by atoms with E-state index in [0.717, 1.165) is 27.4 Å². The van der Waals surface area contributed by atoms with Crippen molar-refractivity contribution in [2.45, 2.75) is 12.8 Å². The van der Waals surface area contributed by atoms with E-state index in [9.17, 15) is 0 Å². The first-order chi connectivity index (χ1) is 9.65. The van der Waals surface area contributed by atoms with Crippen LogP contribution in [0.25, 0.3) is 0 Å². The van der Waals surface area contributed by atoms with Crippen LogP contribution in [-0.4, -0.2) is 17.0 Å². The molecule has 21 heavy (non-hydrogen) atoms. The van der Waals surface area contributed by atoms with E-state index < -0.39 is 0 Å². The largest absolute Gasteiger partial charge is 0.396 e. The zero-order valence-corrected chi connectivity index (χ0v) is 16.2. The fraction of sp³-hybridized carbons (Fsp3) is 0.250. The Morgan fingerprint density at radius 3 is 1.48 bits per heavy atom. The van der Waals surface area contributed by atoms with Crippen LogP contribution in [0, 0.1) is 0 Å². The molecule has 2 aromatic carbocycles. The minimum Gasteiger partial charge on any atom is -0.396 e. The molecular weight excluding hydrogens is 439 g/mol. The van der Waals surface area contributed by atoms with E-state index in [1.54, 1.807) is 0 Å². The number of aliphatic hydroxyl groups is 1. The van der Waals surface area contributed by atoms with Crippen LogP contribution in [0.1, 0.15) is 11.1 Å². The molecule has 0 saturated heterocycles. The van der Waals surface area contributed by atoms with Gasteiger partial charge in [-0.1, -0.05) is 63.4 Å². The van der Waals surface area contributed by atoms with Crippen LogP contribution in [0.15, 0.2) is 48.5 Å². The second kappa shape index (κ2) is 12.5. The highest BCUT2D eigenvalue weighted by molar-refractivity contribution is 9.09. The highest BCUT2D eigenvalue weighted by atomic mass is 79.9. The maximum Gasteiger partial charge on any atom is 0.0471 e. The summed E-state index contributed by atoms with van der Waals surface area (Å²) < 4.78 is 0. The summed E-state index contributed by atoms with van der Waals surface area (Å²) in [6.07, 6.45) is 1.77. The molecule has 0 radical (unpaired) electrons. The smallest absolute Gasteiger partial charge is 0.0471 e. The lowest BCUT2D eigenvalue weighted by molar-refractivity contribution is 0.299. The summed E-state index contributed by atoms with van der Waals surface area (Å²) in [4.78, 5) is 0. The van der Waals surface area contributed by atoms with Crippen LogP contribution in [0.5, 0.6) is 0 Å². The molecule has 0 unspecified atom stereocenters. The highest BCUT2D eigenvalue weighted by Crippen LogP contribution is 2.10. The van der Waals surface area contributed by atoms with Gasteiger partial charge in [0.05, 0.1) is 0 Å². The zero-order chi connectivity index (χ0) is 14.8. The van der Waals surface area contributed by atoms with Gasteiger partial charge in [-0.05, 0) is 48.2 Å². The molecule has 0 aliphatic carbocycles. The fourth-order valence-electron chi connectivity index (χ4n) is 1.54. The van der Waals surface area contributed by atoms with Gasteiger partial charge >= 0.3 is 0 Å². The van der Waals surface area contributed by atoms with E-state index in [1.165, 1.54) is 5.56 Å². The predicted molar refractivity (Wildman–Crippen MR) is 102 cm³/mol. The van der Waals surface area contributed by atoms with Gasteiger partial charge in [0.2, 0.25) is 0 Å². The molecule has 0 spiro atoms. The second-order valence-corrected chi connectivity index (χ2v) is 5.83. The van der Waals surface area contributed by atoms with Crippen LogP contribution in [0.2, 0.25) is 10.0 Å². The second-order valence-electron chi connectivity index (χ2n) is 4.17. The summed E-state index contributed by atoms with van der Waals surface area (Å²) in [6, 6.07) is 15.4. The molecular formula is C16H18Br2Cl2O. The topological polar surface area (TPSA) is 20.2 Å². The lowest BCUT2D eigenvalue weighted by Gasteiger charge is -1.95. The Morgan fingerprint density at radius 1 is 0.762 bits per heavy atom. The molecule has 0 saturated carbocycles. The van der Waals surface area contributed by atoms with E-state index in [4.69, 9.17) is 28.3 Å². The lowest BCUT2D eigenvalue weighted by Crippen LogP contribution is -1.88. The van der Waals surface area contributed by atoms with Crippen molar-refractivity contribution in [3.05, 3.63) is 69.7 Å². The molecule has 0 amide bonds. The maximum absolute atomic E-state index is 8.56. The van der Waals surface area contributed by atoms with E-state index in [2.05, 4.69) is 15.9 Å². The van der Waals surface area contributed by atoms with Gasteiger partial charge in [-0.2, -0.15) is 0 Å². The molecule has 0 bridgehead atoms. The van der Waals surface area contributed by atoms with E-state index in [0.29, 0.717) is 6.42 Å². The van der Waals surface area contributed by atoms with Crippen molar-refractivity contribution in [3.8, 4) is 0 Å². The van der Waals surface area contributed by atoms with Gasteiger partial charge in [-0.15, -0.1) is 17.0 Å². The van der Waals surface area contributed by atoms with Gasteiger partial charge in [0.1, 0.15) is 0 Å². The van der Waals surface area contributed by atoms with Crippen molar-refractivity contribution in [2.75, 3.05) is 11.9 Å². The molecule has 0 fully saturated rings. The summed E-state index contributed by atoms with van der Waals surface area (Å²) in [6.45, 7) is 0.196. The zero-order valence-electron chi connectivity index (χ0n) is 11.4. The van der Waals surface area contributed by atoms with Gasteiger partial charge in [-0.3, -0.25) is 0 Å². The maximum atomic E-state index is 8.56. The Labute approximate surface area is 155 Å². The molecule has 0 aliphatic heterocycles. The molecule has 0 aliphatic rings. The Hall–Kier alpha value is -0.0600. The molecule has 5 heteroatoms. The number of hydrogen-bond acceptors (Lipinski definition) is 1. The quantitative estimate of drug-likeness (QED) is 0.582. The Kier molecular flexibility index (Phi) is 12.4. The summed E-state index contributed by atoms with van der Waals surface area (Å²) in [7, 11) is 0. The van der Waals surface area contributed by atoms with Gasteiger partial charge in [-0.25, -0.2) is 0 Å². The first-order valence-corrected chi connectivity index (χ1v) is 8.19. The van der Waals surface area contributed by atoms with Crippen LogP contribution in [-0.2, 0) is 12.8 Å². The summed E-state index contributed by atoms with van der Waals surface area (Å²) in [5.74, 6) is 0. The number of alkyl halides is 1. The van der Waals surface area contributed by atoms with E-state index in [-0.39, 0.29) is 23.6 Å². The van der Waals surface area contributed by atoms with E-state index >= 15 is 0 Å². The number of rotatable bonds is 4. The van der Waals surface area contributed by atoms with Crippen LogP contribution in [0.3, 0.4) is 0 Å². The van der Waals surface area contributed by atoms with Crippen LogP contribution >= 0.6 is 56.1 Å². The monoisotopic (exact) mass is 454 g/mol. The van der Waals surface area contributed by atoms with E-state index in [1.807, 2.05) is 48.5 Å². The lowest BCUT2D eigenvalue weighted by atomic mass is 10.2. The third-order valence-corrected chi connectivity index (χ3v) is 3.51. The van der Waals surface area contributed by atoms with Crippen molar-refractivity contribution in [3.63, 3.8) is 0 Å². The van der Waals surface area contributed by atoms with Crippen molar-refractivity contribution < 1.29 is 5.11 Å². The van der Waals surface area contributed by atoms with Crippen molar-refractivity contribution in [2.24, 2.45) is 0 Å². The fourth-order valence-corrected chi connectivity index (χ4v) is 2.25. The Bertz CT molecular complexity index is 439. The first kappa shape index (κ1) is 20.9. The molecule has 0 atom stereocenters. The minimum atomic E-state index is 0. The minimum absolute atomic E-state index is 0. The average molecular weight is 457 g/mol. The molecule has 2 rings (SSSR count). The number of benzene rings is 2. The first-order valence-electron chi connectivity index (χ1n) is 6.31. The van der Waals surface area contributed by atoms with Gasteiger partial charge in [0.25, 0.3) is 0 Å². The average Bonchev–Trinajstić information content (AvgIpc) is 2.45. The SMILES string of the molecule is Br.Clc1ccc(CCBr)cc1.OCCc1ccc(Cl)cc1. The van der Waals surface area contributed by atoms with Crippen LogP contribution in [0.4, 0.5) is 0 Å². The predicted octanol–water partition coefficient (Wildman–Crippen LogP) is 5.73. The standard InChI is InChI=1S/C8H8BrCl.C8H9ClO.BrH/c9-6-5-7-1-3-8(10)4-2-7;9-8-3-1-7(2-4-8)5-6-10;/h1-4H,5-6H2;1-4,10H,5-6H2;1H. The third-order valence-electron chi connectivity index (χ3n) is 2.61. The van der Waals surface area contributed by atoms with Crippen molar-refractivity contribution in [1.82, 2.24) is 0 Å². The van der Waals surface area contributed by atoms with Crippen molar-refractivity contribution in [1.29, 1.82) is 0 Å². The molecule has 1 nitrogen and oxygen atoms in total. The molecule has 0 aromatic heterocycles. The number of aliphatic hydroxyl groups excluding tert-OH is 1. The number of halogens is 4. The van der Waals surface area contributed by atoms with Gasteiger partial charge in [0.15, 0.2) is 0 Å². The Balaban J connectivity index is 0.000000364. The molecule has 2 aromatic rings. The van der Waals surface area contributed by atoms with Crippen LogP contribution < -0.4 is 0 Å². The van der Waals surface area contributed by atoms with Gasteiger partial charge in [0, 0.05) is 22.0 Å². The number of aryl methyl sites for hydroxylation is 1. The van der Waals surface area contributed by atoms with Crippen molar-refractivity contribution >= 4 is 56.1 Å². The highest BCUT2D eigenvalue weighted by Gasteiger charge is 1.90. The summed E-state index contributed by atoms with van der Waals surface area (Å²) in [5.41, 5.74) is 2.44. The molecule has 1 N–H and O–H groups in total. The normalized spacial score (nSPS) is 9.33. The third kappa shape index (κ3) is 9.54.